The van der Waals surface area contributed by atoms with E-state index in [1.165, 1.54) is 12.8 Å². The van der Waals surface area contributed by atoms with Gasteiger partial charge < -0.3 is 10.6 Å². The molecule has 2 N–H and O–H groups in total. The van der Waals surface area contributed by atoms with Crippen LogP contribution in [0.3, 0.4) is 0 Å². The number of nitrogens with one attached hydrogen (secondary N) is 2. The van der Waals surface area contributed by atoms with Gasteiger partial charge in [-0.05, 0) is 32.7 Å². The van der Waals surface area contributed by atoms with Crippen LogP contribution in [0.5, 0.6) is 0 Å². The summed E-state index contributed by atoms with van der Waals surface area (Å²) in [5.41, 5.74) is 1.58. The molecule has 0 saturated carbocycles. The van der Waals surface area contributed by atoms with Crippen LogP contribution in [0, 0.1) is 6.92 Å². The molecule has 1 saturated heterocycles. The summed E-state index contributed by atoms with van der Waals surface area (Å²) in [6, 6.07) is 0.574. The molecule has 0 aromatic carbocycles. The Kier molecular flexibility index (Phi) is 3.78. The molecule has 1 amide bonds. The van der Waals surface area contributed by atoms with E-state index in [1.54, 1.807) is 10.9 Å². The SMILES string of the molecule is Cc1c(C(=O)NCCC2CCCN2)cnn1C. The van der Waals surface area contributed by atoms with Crippen molar-refractivity contribution < 1.29 is 4.79 Å². The highest BCUT2D eigenvalue weighted by atomic mass is 16.1. The van der Waals surface area contributed by atoms with E-state index in [4.69, 9.17) is 0 Å². The molecule has 1 fully saturated rings. The van der Waals surface area contributed by atoms with Crippen molar-refractivity contribution in [2.45, 2.75) is 32.2 Å². The molecule has 1 atom stereocenters. The molecule has 2 rings (SSSR count). The summed E-state index contributed by atoms with van der Waals surface area (Å²) in [5.74, 6) is -0.0198. The fourth-order valence-corrected chi connectivity index (χ4v) is 2.18. The number of hydrogen-bond acceptors (Lipinski definition) is 3. The molecule has 0 aliphatic carbocycles. The third-order valence-electron chi connectivity index (χ3n) is 3.42. The molecule has 0 bridgehead atoms. The van der Waals surface area contributed by atoms with Gasteiger partial charge in [-0.1, -0.05) is 0 Å². The van der Waals surface area contributed by atoms with Crippen LogP contribution < -0.4 is 10.6 Å². The van der Waals surface area contributed by atoms with Crippen LogP contribution in [-0.2, 0) is 7.05 Å². The predicted molar refractivity (Wildman–Crippen MR) is 65.9 cm³/mol. The first-order chi connectivity index (χ1) is 8.18. The van der Waals surface area contributed by atoms with Crippen molar-refractivity contribution in [3.63, 3.8) is 0 Å². The predicted octanol–water partition coefficient (Wildman–Crippen LogP) is 0.600. The summed E-state index contributed by atoms with van der Waals surface area (Å²) in [7, 11) is 1.84. The van der Waals surface area contributed by atoms with Gasteiger partial charge in [0.25, 0.3) is 5.91 Å². The molecule has 17 heavy (non-hydrogen) atoms. The van der Waals surface area contributed by atoms with Crippen molar-refractivity contribution in [3.05, 3.63) is 17.5 Å². The van der Waals surface area contributed by atoms with E-state index in [2.05, 4.69) is 15.7 Å². The zero-order valence-electron chi connectivity index (χ0n) is 10.5. The lowest BCUT2D eigenvalue weighted by atomic mass is 10.1. The van der Waals surface area contributed by atoms with Gasteiger partial charge in [-0.25, -0.2) is 0 Å². The molecule has 94 valence electrons. The van der Waals surface area contributed by atoms with Crippen molar-refractivity contribution in [1.82, 2.24) is 20.4 Å². The maximum absolute atomic E-state index is 11.9. The number of carbonyl (C=O) groups excluding carboxylic acids is 1. The number of nitrogens with zero attached hydrogens (tertiary/aromatic N) is 2. The highest BCUT2D eigenvalue weighted by molar-refractivity contribution is 5.94. The second-order valence-electron chi connectivity index (χ2n) is 4.61. The number of aryl methyl sites for hydroxylation is 1. The first-order valence-electron chi connectivity index (χ1n) is 6.18. The number of amides is 1. The minimum atomic E-state index is -0.0198. The Balaban J connectivity index is 1.79. The minimum absolute atomic E-state index is 0.0198. The maximum atomic E-state index is 11.9. The minimum Gasteiger partial charge on any atom is -0.352 e. The van der Waals surface area contributed by atoms with E-state index >= 15 is 0 Å². The molecule has 0 radical (unpaired) electrons. The van der Waals surface area contributed by atoms with Gasteiger partial charge in [-0.2, -0.15) is 5.10 Å². The number of hydrogen-bond donors (Lipinski definition) is 2. The lowest BCUT2D eigenvalue weighted by Gasteiger charge is -2.10. The highest BCUT2D eigenvalue weighted by Crippen LogP contribution is 2.08. The van der Waals surface area contributed by atoms with E-state index in [-0.39, 0.29) is 5.91 Å². The molecule has 1 unspecified atom stereocenters. The Morgan fingerprint density at radius 2 is 2.53 bits per heavy atom. The molecule has 1 aromatic heterocycles. The van der Waals surface area contributed by atoms with Crippen LogP contribution in [0.15, 0.2) is 6.20 Å². The Bertz CT molecular complexity index is 393. The average Bonchev–Trinajstić information content (AvgIpc) is 2.91. The quantitative estimate of drug-likeness (QED) is 0.805. The topological polar surface area (TPSA) is 59.0 Å². The standard InChI is InChI=1S/C12H20N4O/c1-9-11(8-15-16(9)2)12(17)14-7-5-10-4-3-6-13-10/h8,10,13H,3-7H2,1-2H3,(H,14,17). The Hall–Kier alpha value is -1.36. The van der Waals surface area contributed by atoms with Gasteiger partial charge in [0.15, 0.2) is 0 Å². The van der Waals surface area contributed by atoms with E-state index in [9.17, 15) is 4.79 Å². The molecule has 0 spiro atoms. The Morgan fingerprint density at radius 3 is 3.12 bits per heavy atom. The summed E-state index contributed by atoms with van der Waals surface area (Å²) >= 11 is 0. The summed E-state index contributed by atoms with van der Waals surface area (Å²) < 4.78 is 1.72. The highest BCUT2D eigenvalue weighted by Gasteiger charge is 2.15. The number of carbonyl (C=O) groups is 1. The first kappa shape index (κ1) is 12.1. The van der Waals surface area contributed by atoms with Crippen LogP contribution in [-0.4, -0.2) is 34.8 Å². The molecule has 1 aliphatic rings. The lowest BCUT2D eigenvalue weighted by Crippen LogP contribution is -2.30. The van der Waals surface area contributed by atoms with Crippen LogP contribution in [0.2, 0.25) is 0 Å². The largest absolute Gasteiger partial charge is 0.352 e. The smallest absolute Gasteiger partial charge is 0.254 e. The van der Waals surface area contributed by atoms with Crippen molar-refractivity contribution in [2.75, 3.05) is 13.1 Å². The molecular formula is C12H20N4O. The third kappa shape index (κ3) is 2.85. The van der Waals surface area contributed by atoms with Crippen molar-refractivity contribution in [2.24, 2.45) is 7.05 Å². The maximum Gasteiger partial charge on any atom is 0.254 e. The van der Waals surface area contributed by atoms with Crippen LogP contribution >= 0.6 is 0 Å². The molecule has 2 heterocycles. The van der Waals surface area contributed by atoms with Crippen molar-refractivity contribution >= 4 is 5.91 Å². The van der Waals surface area contributed by atoms with E-state index in [0.717, 1.165) is 25.2 Å². The van der Waals surface area contributed by atoms with Gasteiger partial charge >= 0.3 is 0 Å². The fraction of sp³-hybridized carbons (Fsp3) is 0.667. The summed E-state index contributed by atoms with van der Waals surface area (Å²) in [4.78, 5) is 11.9. The molecular weight excluding hydrogens is 216 g/mol. The third-order valence-corrected chi connectivity index (χ3v) is 3.42. The van der Waals surface area contributed by atoms with Gasteiger partial charge in [-0.3, -0.25) is 9.48 Å². The Labute approximate surface area is 102 Å². The second-order valence-corrected chi connectivity index (χ2v) is 4.61. The van der Waals surface area contributed by atoms with Crippen LogP contribution in [0.4, 0.5) is 0 Å². The lowest BCUT2D eigenvalue weighted by molar-refractivity contribution is 0.0951. The van der Waals surface area contributed by atoms with E-state index in [0.29, 0.717) is 11.6 Å². The Morgan fingerprint density at radius 1 is 1.71 bits per heavy atom. The summed E-state index contributed by atoms with van der Waals surface area (Å²) in [6.07, 6.45) is 5.10. The first-order valence-corrected chi connectivity index (χ1v) is 6.18. The molecule has 5 nitrogen and oxygen atoms in total. The van der Waals surface area contributed by atoms with Gasteiger partial charge in [0, 0.05) is 25.3 Å². The average molecular weight is 236 g/mol. The molecule has 1 aromatic rings. The monoisotopic (exact) mass is 236 g/mol. The molecule has 1 aliphatic heterocycles. The normalized spacial score (nSPS) is 19.5. The zero-order chi connectivity index (χ0) is 12.3. The van der Waals surface area contributed by atoms with Gasteiger partial charge in [-0.15, -0.1) is 0 Å². The number of aromatic nitrogens is 2. The van der Waals surface area contributed by atoms with Crippen molar-refractivity contribution in [3.8, 4) is 0 Å². The van der Waals surface area contributed by atoms with E-state index < -0.39 is 0 Å². The summed E-state index contributed by atoms with van der Waals surface area (Å²) in [6.45, 7) is 3.74. The van der Waals surface area contributed by atoms with E-state index in [1.807, 2.05) is 14.0 Å². The van der Waals surface area contributed by atoms with Gasteiger partial charge in [0.2, 0.25) is 0 Å². The molecule has 5 heteroatoms. The second kappa shape index (κ2) is 5.31. The van der Waals surface area contributed by atoms with Crippen molar-refractivity contribution in [1.29, 1.82) is 0 Å². The zero-order valence-corrected chi connectivity index (χ0v) is 10.5. The van der Waals surface area contributed by atoms with Gasteiger partial charge in [0.1, 0.15) is 0 Å². The number of rotatable bonds is 4. The fourth-order valence-electron chi connectivity index (χ4n) is 2.18. The summed E-state index contributed by atoms with van der Waals surface area (Å²) in [5, 5.41) is 10.4. The van der Waals surface area contributed by atoms with Crippen LogP contribution in [0.25, 0.3) is 0 Å². The van der Waals surface area contributed by atoms with Gasteiger partial charge in [0.05, 0.1) is 11.8 Å². The van der Waals surface area contributed by atoms with Crippen LogP contribution in [0.1, 0.15) is 35.3 Å².